The number of H-pyrrole nitrogens is 1. The van der Waals surface area contributed by atoms with Gasteiger partial charge in [-0.2, -0.15) is 0 Å². The van der Waals surface area contributed by atoms with Crippen LogP contribution < -0.4 is 5.32 Å². The lowest BCUT2D eigenvalue weighted by atomic mass is 9.87. The third-order valence-corrected chi connectivity index (χ3v) is 4.33. The third kappa shape index (κ3) is 2.87. The Morgan fingerprint density at radius 1 is 1.35 bits per heavy atom. The summed E-state index contributed by atoms with van der Waals surface area (Å²) in [5, 5.41) is 4.35. The van der Waals surface area contributed by atoms with Crippen molar-refractivity contribution in [2.75, 3.05) is 0 Å². The zero-order chi connectivity index (χ0) is 13.9. The molecule has 20 heavy (non-hydrogen) atoms. The largest absolute Gasteiger partial charge is 0.361 e. The molecule has 106 valence electrons. The number of rotatable bonds is 3. The van der Waals surface area contributed by atoms with Crippen LogP contribution in [0.15, 0.2) is 30.5 Å². The van der Waals surface area contributed by atoms with Crippen molar-refractivity contribution < 1.29 is 4.79 Å². The first-order chi connectivity index (χ1) is 9.72. The zero-order valence-corrected chi connectivity index (χ0v) is 12.0. The van der Waals surface area contributed by atoms with E-state index < -0.39 is 0 Å². The van der Waals surface area contributed by atoms with E-state index in [1.165, 1.54) is 12.8 Å². The highest BCUT2D eigenvalue weighted by Crippen LogP contribution is 2.24. The molecule has 3 rings (SSSR count). The van der Waals surface area contributed by atoms with Gasteiger partial charge in [0.05, 0.1) is 6.42 Å². The molecule has 1 heterocycles. The first kappa shape index (κ1) is 13.2. The van der Waals surface area contributed by atoms with Crippen LogP contribution in [-0.4, -0.2) is 16.9 Å². The topological polar surface area (TPSA) is 44.9 Å². The van der Waals surface area contributed by atoms with E-state index >= 15 is 0 Å². The summed E-state index contributed by atoms with van der Waals surface area (Å²) < 4.78 is 0. The van der Waals surface area contributed by atoms with Crippen molar-refractivity contribution in [3.63, 3.8) is 0 Å². The normalized spacial score (nSPS) is 22.9. The Morgan fingerprint density at radius 2 is 2.20 bits per heavy atom. The summed E-state index contributed by atoms with van der Waals surface area (Å²) in [5.74, 6) is 0.885. The number of benzene rings is 1. The Labute approximate surface area is 119 Å². The van der Waals surface area contributed by atoms with Gasteiger partial charge < -0.3 is 10.3 Å². The average Bonchev–Trinajstić information content (AvgIpc) is 2.82. The molecule has 2 atom stereocenters. The molecule has 2 N–H and O–H groups in total. The highest BCUT2D eigenvalue weighted by atomic mass is 16.1. The molecule has 0 saturated heterocycles. The van der Waals surface area contributed by atoms with Crippen LogP contribution in [0.2, 0.25) is 0 Å². The van der Waals surface area contributed by atoms with Gasteiger partial charge in [0.15, 0.2) is 0 Å². The minimum Gasteiger partial charge on any atom is -0.361 e. The molecule has 0 bridgehead atoms. The van der Waals surface area contributed by atoms with E-state index in [2.05, 4.69) is 23.3 Å². The molecule has 1 saturated carbocycles. The van der Waals surface area contributed by atoms with E-state index in [1.807, 2.05) is 24.4 Å². The van der Waals surface area contributed by atoms with Crippen molar-refractivity contribution in [1.29, 1.82) is 0 Å². The fourth-order valence-corrected chi connectivity index (χ4v) is 3.29. The van der Waals surface area contributed by atoms with E-state index in [4.69, 9.17) is 0 Å². The number of hydrogen-bond donors (Lipinski definition) is 2. The van der Waals surface area contributed by atoms with Crippen LogP contribution in [0.3, 0.4) is 0 Å². The molecule has 3 nitrogen and oxygen atoms in total. The van der Waals surface area contributed by atoms with E-state index in [0.717, 1.165) is 35.2 Å². The number of para-hydroxylation sites is 1. The van der Waals surface area contributed by atoms with Gasteiger partial charge in [-0.1, -0.05) is 38.0 Å². The second-order valence-corrected chi connectivity index (χ2v) is 6.07. The summed E-state index contributed by atoms with van der Waals surface area (Å²) in [4.78, 5) is 15.4. The number of aromatic nitrogens is 1. The van der Waals surface area contributed by atoms with Crippen LogP contribution >= 0.6 is 0 Å². The van der Waals surface area contributed by atoms with Crippen LogP contribution in [0.25, 0.3) is 10.9 Å². The third-order valence-electron chi connectivity index (χ3n) is 4.33. The van der Waals surface area contributed by atoms with Crippen LogP contribution in [-0.2, 0) is 11.2 Å². The molecule has 3 heteroatoms. The van der Waals surface area contributed by atoms with E-state index in [0.29, 0.717) is 12.5 Å². The minimum atomic E-state index is 0.147. The summed E-state index contributed by atoms with van der Waals surface area (Å²) >= 11 is 0. The minimum absolute atomic E-state index is 0.147. The monoisotopic (exact) mass is 270 g/mol. The molecule has 1 aromatic heterocycles. The van der Waals surface area contributed by atoms with E-state index in [-0.39, 0.29) is 5.91 Å². The van der Waals surface area contributed by atoms with Crippen molar-refractivity contribution >= 4 is 16.8 Å². The van der Waals surface area contributed by atoms with Crippen LogP contribution in [0.5, 0.6) is 0 Å². The van der Waals surface area contributed by atoms with Gasteiger partial charge in [-0.05, 0) is 30.4 Å². The lowest BCUT2D eigenvalue weighted by Gasteiger charge is -2.27. The Kier molecular flexibility index (Phi) is 3.77. The molecule has 0 spiro atoms. The van der Waals surface area contributed by atoms with Gasteiger partial charge in [-0.3, -0.25) is 4.79 Å². The Hall–Kier alpha value is -1.77. The second-order valence-electron chi connectivity index (χ2n) is 6.07. The molecule has 2 unspecified atom stereocenters. The highest BCUT2D eigenvalue weighted by Gasteiger charge is 2.20. The fraction of sp³-hybridized carbons (Fsp3) is 0.471. The summed E-state index contributed by atoms with van der Waals surface area (Å²) in [6.07, 6.45) is 7.21. The Morgan fingerprint density at radius 3 is 3.05 bits per heavy atom. The van der Waals surface area contributed by atoms with Crippen LogP contribution in [0, 0.1) is 5.92 Å². The molecule has 0 aliphatic heterocycles. The number of nitrogens with one attached hydrogen (secondary N) is 2. The Balaban J connectivity index is 1.64. The predicted octanol–water partition coefficient (Wildman–Crippen LogP) is 3.41. The number of carbonyl (C=O) groups is 1. The van der Waals surface area contributed by atoms with Gasteiger partial charge in [-0.15, -0.1) is 0 Å². The quantitative estimate of drug-likeness (QED) is 0.882. The molecular weight excluding hydrogens is 248 g/mol. The van der Waals surface area contributed by atoms with Gasteiger partial charge in [0.25, 0.3) is 0 Å². The standard InChI is InChI=1S/C17H22N2O/c1-12-5-4-6-14(9-12)19-17(20)10-13-11-18-16-8-3-2-7-15(13)16/h2-3,7-8,11-12,14,18H,4-6,9-10H2,1H3,(H,19,20). The summed E-state index contributed by atoms with van der Waals surface area (Å²) in [6.45, 7) is 2.28. The lowest BCUT2D eigenvalue weighted by molar-refractivity contribution is -0.121. The van der Waals surface area contributed by atoms with Crippen molar-refractivity contribution in [2.24, 2.45) is 5.92 Å². The number of aromatic amines is 1. The molecule has 2 aromatic rings. The lowest BCUT2D eigenvalue weighted by Crippen LogP contribution is -2.38. The van der Waals surface area contributed by atoms with Gasteiger partial charge >= 0.3 is 0 Å². The number of fused-ring (bicyclic) bond motifs is 1. The van der Waals surface area contributed by atoms with Crippen molar-refractivity contribution in [2.45, 2.75) is 45.1 Å². The fourth-order valence-electron chi connectivity index (χ4n) is 3.29. The average molecular weight is 270 g/mol. The summed E-state index contributed by atoms with van der Waals surface area (Å²) in [5.41, 5.74) is 2.18. The number of hydrogen-bond acceptors (Lipinski definition) is 1. The van der Waals surface area contributed by atoms with E-state index in [1.54, 1.807) is 0 Å². The first-order valence-electron chi connectivity index (χ1n) is 7.56. The molecule has 1 amide bonds. The molecule has 1 aromatic carbocycles. The van der Waals surface area contributed by atoms with E-state index in [9.17, 15) is 4.79 Å². The number of amides is 1. The maximum atomic E-state index is 12.2. The van der Waals surface area contributed by atoms with Gasteiger partial charge in [0, 0.05) is 23.1 Å². The zero-order valence-electron chi connectivity index (χ0n) is 12.0. The summed E-state index contributed by atoms with van der Waals surface area (Å²) in [7, 11) is 0. The highest BCUT2D eigenvalue weighted by molar-refractivity contribution is 5.88. The Bertz CT molecular complexity index is 602. The second kappa shape index (κ2) is 5.70. The van der Waals surface area contributed by atoms with Gasteiger partial charge in [0.1, 0.15) is 0 Å². The molecule has 1 aliphatic rings. The summed E-state index contributed by atoms with van der Waals surface area (Å²) in [6, 6.07) is 8.50. The van der Waals surface area contributed by atoms with Gasteiger partial charge in [0.2, 0.25) is 5.91 Å². The molecule has 1 aliphatic carbocycles. The van der Waals surface area contributed by atoms with Gasteiger partial charge in [-0.25, -0.2) is 0 Å². The van der Waals surface area contributed by atoms with Crippen molar-refractivity contribution in [3.05, 3.63) is 36.0 Å². The van der Waals surface area contributed by atoms with Crippen molar-refractivity contribution in [3.8, 4) is 0 Å². The predicted molar refractivity (Wildman–Crippen MR) is 81.6 cm³/mol. The molecule has 1 fully saturated rings. The van der Waals surface area contributed by atoms with Crippen LogP contribution in [0.1, 0.15) is 38.2 Å². The maximum Gasteiger partial charge on any atom is 0.224 e. The smallest absolute Gasteiger partial charge is 0.224 e. The maximum absolute atomic E-state index is 12.2. The number of carbonyl (C=O) groups excluding carboxylic acids is 1. The SMILES string of the molecule is CC1CCCC(NC(=O)Cc2c[nH]c3ccccc23)C1. The van der Waals surface area contributed by atoms with Crippen molar-refractivity contribution in [1.82, 2.24) is 10.3 Å². The molecule has 0 radical (unpaired) electrons. The molecular formula is C17H22N2O. The first-order valence-corrected chi connectivity index (χ1v) is 7.56. The van der Waals surface area contributed by atoms with Crippen LogP contribution in [0.4, 0.5) is 0 Å².